The molecule has 8 atom stereocenters. The summed E-state index contributed by atoms with van der Waals surface area (Å²) in [5.74, 6) is 4.67. The van der Waals surface area contributed by atoms with Gasteiger partial charge in [-0.25, -0.2) is 0 Å². The smallest absolute Gasteiger partial charge is 0.0750 e. The Labute approximate surface area is 186 Å². The van der Waals surface area contributed by atoms with Crippen LogP contribution in [0.1, 0.15) is 106 Å². The second-order valence-corrected chi connectivity index (χ2v) is 12.7. The number of aliphatic hydroxyl groups is 1. The Morgan fingerprint density at radius 1 is 0.933 bits per heavy atom. The van der Waals surface area contributed by atoms with Gasteiger partial charge in [0, 0.05) is 0 Å². The quantitative estimate of drug-likeness (QED) is 0.454. The minimum atomic E-state index is -0.254. The van der Waals surface area contributed by atoms with Crippen molar-refractivity contribution in [2.24, 2.45) is 46.3 Å². The maximum atomic E-state index is 10.4. The van der Waals surface area contributed by atoms with Crippen molar-refractivity contribution in [1.82, 2.24) is 0 Å². The zero-order chi connectivity index (χ0) is 21.8. The van der Waals surface area contributed by atoms with Crippen molar-refractivity contribution in [3.05, 3.63) is 23.3 Å². The fraction of sp³-hybridized carbons (Fsp3) is 0.862. The maximum Gasteiger partial charge on any atom is 0.0750 e. The summed E-state index contributed by atoms with van der Waals surface area (Å²) in [6.07, 6.45) is 12.7. The van der Waals surface area contributed by atoms with Crippen LogP contribution in [0.15, 0.2) is 23.3 Å². The van der Waals surface area contributed by atoms with Gasteiger partial charge in [0.1, 0.15) is 0 Å². The zero-order valence-electron chi connectivity index (χ0n) is 20.8. The Kier molecular flexibility index (Phi) is 6.10. The summed E-state index contributed by atoms with van der Waals surface area (Å²) in [6, 6.07) is 0. The van der Waals surface area contributed by atoms with Crippen molar-refractivity contribution in [3.8, 4) is 0 Å². The predicted molar refractivity (Wildman–Crippen MR) is 128 cm³/mol. The van der Waals surface area contributed by atoms with Gasteiger partial charge in [0.2, 0.25) is 0 Å². The van der Waals surface area contributed by atoms with Crippen molar-refractivity contribution >= 4 is 0 Å². The summed E-state index contributed by atoms with van der Waals surface area (Å²) >= 11 is 0. The topological polar surface area (TPSA) is 20.2 Å². The molecule has 0 bridgehead atoms. The second kappa shape index (κ2) is 8.09. The van der Waals surface area contributed by atoms with Crippen LogP contribution in [0.2, 0.25) is 0 Å². The summed E-state index contributed by atoms with van der Waals surface area (Å²) in [5, 5.41) is 10.4. The SMILES string of the molecule is C=C1[C@H](O)CC[C@]2(C)[C@@H]1CCC1=C3CC[C@H]([C@H](C)CC[C@H](C)C(C)C)[C@]3(C)CC[C@@H]12. The van der Waals surface area contributed by atoms with Crippen LogP contribution in [0.5, 0.6) is 0 Å². The van der Waals surface area contributed by atoms with Crippen molar-refractivity contribution < 1.29 is 5.11 Å². The molecule has 30 heavy (non-hydrogen) atoms. The molecule has 0 radical (unpaired) electrons. The minimum Gasteiger partial charge on any atom is -0.389 e. The molecule has 4 aliphatic carbocycles. The zero-order valence-corrected chi connectivity index (χ0v) is 20.8. The molecule has 0 aromatic heterocycles. The molecule has 0 heterocycles. The van der Waals surface area contributed by atoms with E-state index in [4.69, 9.17) is 0 Å². The molecule has 170 valence electrons. The lowest BCUT2D eigenvalue weighted by atomic mass is 9.48. The Morgan fingerprint density at radius 2 is 1.67 bits per heavy atom. The number of hydrogen-bond donors (Lipinski definition) is 1. The fourth-order valence-corrected chi connectivity index (χ4v) is 8.54. The van der Waals surface area contributed by atoms with E-state index >= 15 is 0 Å². The Bertz CT molecular complexity index is 701. The fourth-order valence-electron chi connectivity index (χ4n) is 8.54. The first-order chi connectivity index (χ1) is 14.1. The summed E-state index contributed by atoms with van der Waals surface area (Å²) in [5.41, 5.74) is 5.72. The van der Waals surface area contributed by atoms with Gasteiger partial charge in [-0.3, -0.25) is 0 Å². The third kappa shape index (κ3) is 3.46. The standard InChI is InChI=1S/C29H48O/c1-18(2)19(3)8-9-20(4)23-12-13-25-22-10-11-24-21(5)27(30)15-17-29(24,7)26(22)14-16-28(23,25)6/h18-20,23-24,26-27,30H,5,8-17H2,1-4,6-7H3/t19-,20+,23+,24+,26-,27+,28-,29+/m0/s1. The molecule has 1 heteroatoms. The van der Waals surface area contributed by atoms with E-state index in [0.717, 1.165) is 41.6 Å². The first kappa shape index (κ1) is 22.6. The Hall–Kier alpha value is -0.560. The van der Waals surface area contributed by atoms with Gasteiger partial charge in [0.15, 0.2) is 0 Å². The van der Waals surface area contributed by atoms with E-state index < -0.39 is 0 Å². The predicted octanol–water partition coefficient (Wildman–Crippen LogP) is 7.94. The molecule has 0 aromatic rings. The van der Waals surface area contributed by atoms with Crippen molar-refractivity contribution in [2.45, 2.75) is 112 Å². The lowest BCUT2D eigenvalue weighted by Gasteiger charge is -2.57. The second-order valence-electron chi connectivity index (χ2n) is 12.7. The van der Waals surface area contributed by atoms with Gasteiger partial charge in [0.25, 0.3) is 0 Å². The highest BCUT2D eigenvalue weighted by molar-refractivity contribution is 5.36. The summed E-state index contributed by atoms with van der Waals surface area (Å²) in [7, 11) is 0. The molecule has 1 N–H and O–H groups in total. The lowest BCUT2D eigenvalue weighted by Crippen LogP contribution is -2.49. The van der Waals surface area contributed by atoms with Crippen LogP contribution in [0, 0.1) is 46.3 Å². The molecular weight excluding hydrogens is 364 g/mol. The number of aliphatic hydroxyl groups excluding tert-OH is 1. The molecule has 0 aromatic carbocycles. The molecule has 0 aliphatic heterocycles. The van der Waals surface area contributed by atoms with Gasteiger partial charge >= 0.3 is 0 Å². The highest BCUT2D eigenvalue weighted by Crippen LogP contribution is 2.66. The van der Waals surface area contributed by atoms with Crippen LogP contribution in [-0.4, -0.2) is 11.2 Å². The van der Waals surface area contributed by atoms with Gasteiger partial charge in [-0.1, -0.05) is 72.1 Å². The monoisotopic (exact) mass is 412 g/mol. The van der Waals surface area contributed by atoms with E-state index in [-0.39, 0.29) is 6.10 Å². The average Bonchev–Trinajstić information content (AvgIpc) is 3.06. The normalized spacial score (nSPS) is 43.3. The summed E-state index contributed by atoms with van der Waals surface area (Å²) in [6.45, 7) is 19.3. The van der Waals surface area contributed by atoms with Gasteiger partial charge in [-0.05, 0) is 103 Å². The van der Waals surface area contributed by atoms with Crippen LogP contribution in [0.4, 0.5) is 0 Å². The maximum absolute atomic E-state index is 10.4. The van der Waals surface area contributed by atoms with Crippen LogP contribution in [0.3, 0.4) is 0 Å². The van der Waals surface area contributed by atoms with E-state index in [1.54, 1.807) is 0 Å². The van der Waals surface area contributed by atoms with Crippen molar-refractivity contribution in [2.75, 3.05) is 0 Å². The molecule has 1 nitrogen and oxygen atoms in total. The Morgan fingerprint density at radius 3 is 2.37 bits per heavy atom. The lowest BCUT2D eigenvalue weighted by molar-refractivity contribution is 0.00282. The third-order valence-electron chi connectivity index (χ3n) is 11.0. The first-order valence-corrected chi connectivity index (χ1v) is 13.2. The molecule has 4 aliphatic rings. The van der Waals surface area contributed by atoms with E-state index in [2.05, 4.69) is 48.1 Å². The highest BCUT2D eigenvalue weighted by Gasteiger charge is 2.56. The number of allylic oxidation sites excluding steroid dienone is 2. The van der Waals surface area contributed by atoms with Crippen molar-refractivity contribution in [3.63, 3.8) is 0 Å². The molecule has 0 saturated heterocycles. The molecular formula is C29H48O. The van der Waals surface area contributed by atoms with E-state index in [9.17, 15) is 5.11 Å². The third-order valence-corrected chi connectivity index (χ3v) is 11.0. The van der Waals surface area contributed by atoms with Gasteiger partial charge in [0.05, 0.1) is 6.10 Å². The van der Waals surface area contributed by atoms with E-state index in [1.165, 1.54) is 57.8 Å². The molecule has 0 amide bonds. The number of rotatable bonds is 5. The summed E-state index contributed by atoms with van der Waals surface area (Å²) < 4.78 is 0. The van der Waals surface area contributed by atoms with Gasteiger partial charge < -0.3 is 5.11 Å². The number of fused-ring (bicyclic) bond motifs is 4. The van der Waals surface area contributed by atoms with E-state index in [1.807, 2.05) is 11.1 Å². The largest absolute Gasteiger partial charge is 0.389 e. The van der Waals surface area contributed by atoms with Crippen LogP contribution in [0.25, 0.3) is 0 Å². The van der Waals surface area contributed by atoms with E-state index in [0.29, 0.717) is 16.7 Å². The molecule has 4 rings (SSSR count). The Balaban J connectivity index is 1.55. The summed E-state index contributed by atoms with van der Waals surface area (Å²) in [4.78, 5) is 0. The molecule has 3 saturated carbocycles. The van der Waals surface area contributed by atoms with Crippen LogP contribution >= 0.6 is 0 Å². The van der Waals surface area contributed by atoms with Gasteiger partial charge in [-0.2, -0.15) is 0 Å². The molecule has 0 spiro atoms. The minimum absolute atomic E-state index is 0.254. The first-order valence-electron chi connectivity index (χ1n) is 13.2. The van der Waals surface area contributed by atoms with Crippen LogP contribution < -0.4 is 0 Å². The highest BCUT2D eigenvalue weighted by atomic mass is 16.3. The number of hydrogen-bond acceptors (Lipinski definition) is 1. The van der Waals surface area contributed by atoms with Crippen LogP contribution in [-0.2, 0) is 0 Å². The van der Waals surface area contributed by atoms with Crippen molar-refractivity contribution in [1.29, 1.82) is 0 Å². The molecule has 3 fully saturated rings. The average molecular weight is 413 g/mol. The van der Waals surface area contributed by atoms with Gasteiger partial charge in [-0.15, -0.1) is 0 Å². The molecule has 0 unspecified atom stereocenters.